The molecule has 7 nitrogen and oxygen atoms in total. The van der Waals surface area contributed by atoms with Gasteiger partial charge < -0.3 is 29.4 Å². The molecule has 1 atom stereocenters. The highest BCUT2D eigenvalue weighted by molar-refractivity contribution is 9.10. The van der Waals surface area contributed by atoms with Gasteiger partial charge in [0.05, 0.1) is 13.0 Å². The molecule has 2 heterocycles. The average molecular weight is 507 g/mol. The topological polar surface area (TPSA) is 96.0 Å². The summed E-state index contributed by atoms with van der Waals surface area (Å²) in [5.74, 6) is 2.33. The number of halogens is 1. The minimum atomic E-state index is -0.500. The molecule has 8 heteroatoms. The monoisotopic (exact) mass is 506 g/mol. The first-order valence-electron chi connectivity index (χ1n) is 10.1. The fourth-order valence-corrected chi connectivity index (χ4v) is 4.50. The molecule has 2 aliphatic heterocycles. The molecule has 5 rings (SSSR count). The highest BCUT2D eigenvalue weighted by Gasteiger charge is 2.35. The SMILES string of the molecule is COc1cc([C@H]2C(C#N)=C(N)Oc3cc4c(cc32)OCO4)c(Br)cc1OCc1ccccc1. The molecule has 2 aliphatic rings. The van der Waals surface area contributed by atoms with Gasteiger partial charge in [-0.15, -0.1) is 0 Å². The van der Waals surface area contributed by atoms with Crippen LogP contribution >= 0.6 is 15.9 Å². The third-order valence-corrected chi connectivity index (χ3v) is 6.23. The summed E-state index contributed by atoms with van der Waals surface area (Å²) < 4.78 is 29.1. The van der Waals surface area contributed by atoms with Gasteiger partial charge in [0.2, 0.25) is 12.7 Å². The molecule has 0 fully saturated rings. The van der Waals surface area contributed by atoms with Gasteiger partial charge in [-0.3, -0.25) is 0 Å². The molecule has 0 radical (unpaired) electrons. The van der Waals surface area contributed by atoms with E-state index in [2.05, 4.69) is 22.0 Å². The molecule has 0 aliphatic carbocycles. The largest absolute Gasteiger partial charge is 0.493 e. The molecule has 0 amide bonds. The van der Waals surface area contributed by atoms with Crippen LogP contribution in [0.25, 0.3) is 0 Å². The van der Waals surface area contributed by atoms with Crippen LogP contribution < -0.4 is 29.4 Å². The van der Waals surface area contributed by atoms with Gasteiger partial charge in [0, 0.05) is 16.1 Å². The van der Waals surface area contributed by atoms with Gasteiger partial charge in [-0.2, -0.15) is 5.26 Å². The van der Waals surface area contributed by atoms with E-state index in [0.29, 0.717) is 40.9 Å². The second-order valence-corrected chi connectivity index (χ2v) is 8.32. The number of nitriles is 1. The molecule has 0 spiro atoms. The predicted molar refractivity (Wildman–Crippen MR) is 123 cm³/mol. The Morgan fingerprint density at radius 2 is 1.79 bits per heavy atom. The normalized spacial score (nSPS) is 16.0. The van der Waals surface area contributed by atoms with Crippen LogP contribution in [0.4, 0.5) is 0 Å². The fourth-order valence-electron chi connectivity index (χ4n) is 3.95. The summed E-state index contributed by atoms with van der Waals surface area (Å²) in [5, 5.41) is 9.90. The molecule has 3 aromatic carbocycles. The summed E-state index contributed by atoms with van der Waals surface area (Å²) in [6.07, 6.45) is 0. The average Bonchev–Trinajstić information content (AvgIpc) is 3.29. The zero-order valence-electron chi connectivity index (χ0n) is 17.6. The number of allylic oxidation sites excluding steroid dienone is 1. The highest BCUT2D eigenvalue weighted by Crippen LogP contribution is 2.50. The Morgan fingerprint density at radius 3 is 2.52 bits per heavy atom. The highest BCUT2D eigenvalue weighted by atomic mass is 79.9. The Kier molecular flexibility index (Phi) is 5.48. The number of nitrogens with two attached hydrogens (primary N) is 1. The summed E-state index contributed by atoms with van der Waals surface area (Å²) >= 11 is 3.66. The number of methoxy groups -OCH3 is 1. The Hall–Kier alpha value is -3.83. The van der Waals surface area contributed by atoms with Gasteiger partial charge in [-0.1, -0.05) is 46.3 Å². The number of fused-ring (bicyclic) bond motifs is 2. The van der Waals surface area contributed by atoms with E-state index in [1.165, 1.54) is 0 Å². The van der Waals surface area contributed by atoms with Gasteiger partial charge in [0.15, 0.2) is 23.0 Å². The molecule has 166 valence electrons. The lowest BCUT2D eigenvalue weighted by Gasteiger charge is -2.28. The first-order valence-corrected chi connectivity index (χ1v) is 10.9. The summed E-state index contributed by atoms with van der Waals surface area (Å²) in [4.78, 5) is 0. The third kappa shape index (κ3) is 3.81. The molecule has 0 saturated carbocycles. The standard InChI is InChI=1S/C25H19BrN2O5/c1-29-20-7-15(18(26)9-22(20)30-12-14-5-3-2-4-6-14)24-16-8-21-23(32-13-31-21)10-19(16)33-25(28)17(24)11-27/h2-10,24H,12-13,28H2,1H3/t24-/m1/s1. The summed E-state index contributed by atoms with van der Waals surface area (Å²) in [7, 11) is 1.58. The van der Waals surface area contributed by atoms with Crippen molar-refractivity contribution in [2.75, 3.05) is 13.9 Å². The molecule has 0 unspecified atom stereocenters. The van der Waals surface area contributed by atoms with Crippen LogP contribution in [0.1, 0.15) is 22.6 Å². The van der Waals surface area contributed by atoms with E-state index < -0.39 is 5.92 Å². The lowest BCUT2D eigenvalue weighted by molar-refractivity contribution is 0.174. The Balaban J connectivity index is 1.57. The summed E-state index contributed by atoms with van der Waals surface area (Å²) in [6, 6.07) is 19.3. The van der Waals surface area contributed by atoms with Crippen LogP contribution in [0.5, 0.6) is 28.7 Å². The summed E-state index contributed by atoms with van der Waals surface area (Å²) in [5.41, 5.74) is 8.98. The van der Waals surface area contributed by atoms with Crippen molar-refractivity contribution in [1.29, 1.82) is 5.26 Å². The number of rotatable bonds is 5. The number of nitrogens with zero attached hydrogens (tertiary/aromatic N) is 1. The fraction of sp³-hybridized carbons (Fsp3) is 0.160. The van der Waals surface area contributed by atoms with Crippen molar-refractivity contribution in [1.82, 2.24) is 0 Å². The Morgan fingerprint density at radius 1 is 1.03 bits per heavy atom. The van der Waals surface area contributed by atoms with Crippen LogP contribution in [0.15, 0.2) is 70.5 Å². The van der Waals surface area contributed by atoms with Crippen molar-refractivity contribution in [2.24, 2.45) is 5.73 Å². The third-order valence-electron chi connectivity index (χ3n) is 5.54. The lowest BCUT2D eigenvalue weighted by Crippen LogP contribution is -2.21. The van der Waals surface area contributed by atoms with Crippen molar-refractivity contribution < 1.29 is 23.7 Å². The molecular formula is C25H19BrN2O5. The quantitative estimate of drug-likeness (QED) is 0.520. The number of hydrogen-bond acceptors (Lipinski definition) is 7. The Bertz CT molecular complexity index is 1300. The zero-order valence-corrected chi connectivity index (χ0v) is 19.2. The molecule has 2 N–H and O–H groups in total. The molecule has 0 aromatic heterocycles. The van der Waals surface area contributed by atoms with Gasteiger partial charge >= 0.3 is 0 Å². The van der Waals surface area contributed by atoms with Crippen LogP contribution in [-0.4, -0.2) is 13.9 Å². The van der Waals surface area contributed by atoms with Crippen LogP contribution in [-0.2, 0) is 6.61 Å². The summed E-state index contributed by atoms with van der Waals surface area (Å²) in [6.45, 7) is 0.519. The van der Waals surface area contributed by atoms with E-state index in [9.17, 15) is 5.26 Å². The number of hydrogen-bond donors (Lipinski definition) is 1. The second-order valence-electron chi connectivity index (χ2n) is 7.47. The van der Waals surface area contributed by atoms with Crippen molar-refractivity contribution >= 4 is 15.9 Å². The first-order chi connectivity index (χ1) is 16.1. The van der Waals surface area contributed by atoms with Crippen LogP contribution in [0.3, 0.4) is 0 Å². The minimum absolute atomic E-state index is 0.0455. The van der Waals surface area contributed by atoms with Crippen LogP contribution in [0, 0.1) is 11.3 Å². The van der Waals surface area contributed by atoms with E-state index >= 15 is 0 Å². The zero-order chi connectivity index (χ0) is 22.9. The lowest BCUT2D eigenvalue weighted by atomic mass is 9.83. The van der Waals surface area contributed by atoms with Crippen molar-refractivity contribution in [3.05, 3.63) is 87.2 Å². The van der Waals surface area contributed by atoms with Gasteiger partial charge in [0.25, 0.3) is 0 Å². The van der Waals surface area contributed by atoms with E-state index in [1.807, 2.05) is 48.5 Å². The maximum Gasteiger partial charge on any atom is 0.231 e. The molecular weight excluding hydrogens is 488 g/mol. The molecule has 0 saturated heterocycles. The van der Waals surface area contributed by atoms with E-state index in [4.69, 9.17) is 29.4 Å². The smallest absolute Gasteiger partial charge is 0.231 e. The van der Waals surface area contributed by atoms with E-state index in [0.717, 1.165) is 21.2 Å². The van der Waals surface area contributed by atoms with Crippen molar-refractivity contribution in [3.8, 4) is 34.8 Å². The van der Waals surface area contributed by atoms with E-state index in [-0.39, 0.29) is 12.7 Å². The number of benzene rings is 3. The second kappa shape index (κ2) is 8.60. The van der Waals surface area contributed by atoms with E-state index in [1.54, 1.807) is 13.2 Å². The molecule has 3 aromatic rings. The maximum absolute atomic E-state index is 9.90. The van der Waals surface area contributed by atoms with Crippen molar-refractivity contribution in [3.63, 3.8) is 0 Å². The number of ether oxygens (including phenoxy) is 5. The molecule has 33 heavy (non-hydrogen) atoms. The first kappa shape index (κ1) is 21.0. The maximum atomic E-state index is 9.90. The van der Waals surface area contributed by atoms with Gasteiger partial charge in [0.1, 0.15) is 24.0 Å². The predicted octanol–water partition coefficient (Wildman–Crippen LogP) is 4.98. The Labute approximate surface area is 199 Å². The minimum Gasteiger partial charge on any atom is -0.493 e. The molecule has 0 bridgehead atoms. The van der Waals surface area contributed by atoms with Crippen LogP contribution in [0.2, 0.25) is 0 Å². The van der Waals surface area contributed by atoms with Gasteiger partial charge in [-0.05, 0) is 29.3 Å². The van der Waals surface area contributed by atoms with Crippen molar-refractivity contribution in [2.45, 2.75) is 12.5 Å². The van der Waals surface area contributed by atoms with Gasteiger partial charge in [-0.25, -0.2) is 0 Å².